The summed E-state index contributed by atoms with van der Waals surface area (Å²) in [6.07, 6.45) is 1.04. The predicted octanol–water partition coefficient (Wildman–Crippen LogP) is 1.74. The fraction of sp³-hybridized carbons (Fsp3) is 0.333. The Morgan fingerprint density at radius 1 is 1.50 bits per heavy atom. The van der Waals surface area contributed by atoms with Crippen molar-refractivity contribution >= 4 is 5.91 Å². The lowest BCUT2D eigenvalue weighted by atomic mass is 9.99. The van der Waals surface area contributed by atoms with E-state index in [-0.39, 0.29) is 5.91 Å². The minimum absolute atomic E-state index is 0.170. The van der Waals surface area contributed by atoms with Crippen molar-refractivity contribution in [3.63, 3.8) is 0 Å². The van der Waals surface area contributed by atoms with Crippen LogP contribution in [0.4, 0.5) is 4.39 Å². The number of nitriles is 1. The van der Waals surface area contributed by atoms with Crippen LogP contribution in [-0.2, 0) is 6.42 Å². The van der Waals surface area contributed by atoms with Gasteiger partial charge in [-0.2, -0.15) is 5.26 Å². The zero-order chi connectivity index (χ0) is 11.5. The fourth-order valence-corrected chi connectivity index (χ4v) is 1.89. The minimum atomic E-state index is -0.394. The summed E-state index contributed by atoms with van der Waals surface area (Å²) in [4.78, 5) is 13.5. The average molecular weight is 218 g/mol. The Hall–Kier alpha value is -1.89. The molecule has 0 aliphatic carbocycles. The van der Waals surface area contributed by atoms with Gasteiger partial charge in [0.05, 0.1) is 12.5 Å². The first kappa shape index (κ1) is 10.6. The van der Waals surface area contributed by atoms with E-state index in [2.05, 4.69) is 0 Å². The van der Waals surface area contributed by atoms with Crippen molar-refractivity contribution < 1.29 is 9.18 Å². The van der Waals surface area contributed by atoms with Crippen LogP contribution in [0.3, 0.4) is 0 Å². The molecule has 1 aliphatic heterocycles. The van der Waals surface area contributed by atoms with Gasteiger partial charge in [-0.1, -0.05) is 6.07 Å². The Balaban J connectivity index is 2.24. The number of amides is 1. The molecule has 1 aliphatic rings. The molecule has 0 spiro atoms. The molecule has 1 aromatic carbocycles. The molecular weight excluding hydrogens is 207 g/mol. The van der Waals surface area contributed by atoms with Crippen LogP contribution < -0.4 is 0 Å². The maximum Gasteiger partial charge on any atom is 0.254 e. The molecule has 0 saturated heterocycles. The molecule has 0 N–H and O–H groups in total. The molecule has 4 heteroatoms. The van der Waals surface area contributed by atoms with Gasteiger partial charge in [-0.15, -0.1) is 0 Å². The quantitative estimate of drug-likeness (QED) is 0.758. The lowest BCUT2D eigenvalue weighted by Crippen LogP contribution is -2.38. The van der Waals surface area contributed by atoms with Crippen LogP contribution in [0.5, 0.6) is 0 Å². The Morgan fingerprint density at radius 2 is 2.31 bits per heavy atom. The molecule has 16 heavy (non-hydrogen) atoms. The summed E-state index contributed by atoms with van der Waals surface area (Å²) in [6, 6.07) is 6.31. The third-order valence-electron chi connectivity index (χ3n) is 2.73. The van der Waals surface area contributed by atoms with Crippen LogP contribution in [-0.4, -0.2) is 23.9 Å². The largest absolute Gasteiger partial charge is 0.337 e. The number of rotatable bonds is 2. The van der Waals surface area contributed by atoms with E-state index < -0.39 is 5.82 Å². The number of fused-ring (bicyclic) bond motifs is 1. The standard InChI is InChI=1S/C12H11FN2O/c13-10-3-2-9-4-7-15(6-1-5-14)12(16)11(9)8-10/h2-3,8H,1,4,6-7H2. The second-order valence-electron chi connectivity index (χ2n) is 3.75. The van der Waals surface area contributed by atoms with Gasteiger partial charge in [-0.3, -0.25) is 4.79 Å². The van der Waals surface area contributed by atoms with Crippen molar-refractivity contribution in [2.45, 2.75) is 12.8 Å². The van der Waals surface area contributed by atoms with Gasteiger partial charge in [0.25, 0.3) is 5.91 Å². The van der Waals surface area contributed by atoms with Crippen molar-refractivity contribution in [1.82, 2.24) is 4.90 Å². The lowest BCUT2D eigenvalue weighted by Gasteiger charge is -2.27. The molecule has 3 nitrogen and oxygen atoms in total. The van der Waals surface area contributed by atoms with Crippen LogP contribution >= 0.6 is 0 Å². The van der Waals surface area contributed by atoms with E-state index in [1.54, 1.807) is 11.0 Å². The number of hydrogen-bond acceptors (Lipinski definition) is 2. The molecule has 0 radical (unpaired) electrons. The number of carbonyl (C=O) groups is 1. The van der Waals surface area contributed by atoms with Crippen molar-refractivity contribution in [2.24, 2.45) is 0 Å². The summed E-state index contributed by atoms with van der Waals surface area (Å²) in [6.45, 7) is 1.03. The summed E-state index contributed by atoms with van der Waals surface area (Å²) in [5.74, 6) is -0.565. The molecular formula is C12H11FN2O. The number of benzene rings is 1. The average Bonchev–Trinajstić information content (AvgIpc) is 2.29. The number of halogens is 1. The highest BCUT2D eigenvalue weighted by Crippen LogP contribution is 2.19. The van der Waals surface area contributed by atoms with E-state index in [1.807, 2.05) is 6.07 Å². The van der Waals surface area contributed by atoms with Crippen molar-refractivity contribution in [3.8, 4) is 6.07 Å². The Bertz CT molecular complexity index is 465. The molecule has 0 bridgehead atoms. The Labute approximate surface area is 93.1 Å². The second-order valence-corrected chi connectivity index (χ2v) is 3.75. The smallest absolute Gasteiger partial charge is 0.254 e. The van der Waals surface area contributed by atoms with Crippen molar-refractivity contribution in [2.75, 3.05) is 13.1 Å². The van der Waals surface area contributed by atoms with E-state index >= 15 is 0 Å². The maximum atomic E-state index is 13.0. The molecule has 0 unspecified atom stereocenters. The van der Waals surface area contributed by atoms with Gasteiger partial charge < -0.3 is 4.90 Å². The third-order valence-corrected chi connectivity index (χ3v) is 2.73. The third kappa shape index (κ3) is 1.89. The number of nitrogens with zero attached hydrogens (tertiary/aromatic N) is 2. The van der Waals surface area contributed by atoms with E-state index in [0.717, 1.165) is 12.0 Å². The second kappa shape index (κ2) is 4.31. The molecule has 0 atom stereocenters. The molecule has 82 valence electrons. The summed E-state index contributed by atoms with van der Waals surface area (Å²) in [5.41, 5.74) is 1.32. The highest BCUT2D eigenvalue weighted by molar-refractivity contribution is 5.96. The topological polar surface area (TPSA) is 44.1 Å². The fourth-order valence-electron chi connectivity index (χ4n) is 1.89. The first-order valence-electron chi connectivity index (χ1n) is 5.17. The van der Waals surface area contributed by atoms with E-state index in [9.17, 15) is 9.18 Å². The van der Waals surface area contributed by atoms with Gasteiger partial charge in [-0.25, -0.2) is 4.39 Å². The SMILES string of the molecule is N#CCCN1CCc2ccc(F)cc2C1=O. The lowest BCUT2D eigenvalue weighted by molar-refractivity contribution is 0.0743. The molecule has 2 rings (SSSR count). The van der Waals surface area contributed by atoms with Gasteiger partial charge in [0.15, 0.2) is 0 Å². The zero-order valence-corrected chi connectivity index (χ0v) is 8.74. The predicted molar refractivity (Wildman–Crippen MR) is 56.2 cm³/mol. The Kier molecular flexibility index (Phi) is 2.86. The van der Waals surface area contributed by atoms with E-state index in [1.165, 1.54) is 12.1 Å². The van der Waals surface area contributed by atoms with Crippen LogP contribution in [0, 0.1) is 17.1 Å². The number of carbonyl (C=O) groups excluding carboxylic acids is 1. The normalized spacial score (nSPS) is 14.5. The Morgan fingerprint density at radius 3 is 3.06 bits per heavy atom. The van der Waals surface area contributed by atoms with Crippen LogP contribution in [0.15, 0.2) is 18.2 Å². The molecule has 1 aromatic rings. The highest BCUT2D eigenvalue weighted by atomic mass is 19.1. The van der Waals surface area contributed by atoms with Gasteiger partial charge in [0.2, 0.25) is 0 Å². The van der Waals surface area contributed by atoms with E-state index in [0.29, 0.717) is 25.1 Å². The van der Waals surface area contributed by atoms with E-state index in [4.69, 9.17) is 5.26 Å². The van der Waals surface area contributed by atoms with Gasteiger partial charge in [0.1, 0.15) is 5.82 Å². The van der Waals surface area contributed by atoms with Crippen molar-refractivity contribution in [3.05, 3.63) is 35.1 Å². The molecule has 0 fully saturated rings. The summed E-state index contributed by atoms with van der Waals surface area (Å²) in [5, 5.41) is 8.47. The van der Waals surface area contributed by atoms with Gasteiger partial charge in [0, 0.05) is 18.7 Å². The van der Waals surface area contributed by atoms with Gasteiger partial charge in [-0.05, 0) is 24.1 Å². The highest BCUT2D eigenvalue weighted by Gasteiger charge is 2.23. The molecule has 1 heterocycles. The summed E-state index contributed by atoms with van der Waals surface area (Å²) in [7, 11) is 0. The minimum Gasteiger partial charge on any atom is -0.337 e. The zero-order valence-electron chi connectivity index (χ0n) is 8.74. The summed E-state index contributed by atoms with van der Waals surface area (Å²) >= 11 is 0. The van der Waals surface area contributed by atoms with Gasteiger partial charge >= 0.3 is 0 Å². The van der Waals surface area contributed by atoms with Crippen LogP contribution in [0.1, 0.15) is 22.3 Å². The summed E-state index contributed by atoms with van der Waals surface area (Å²) < 4.78 is 13.0. The van der Waals surface area contributed by atoms with Crippen LogP contribution in [0.2, 0.25) is 0 Å². The van der Waals surface area contributed by atoms with Crippen molar-refractivity contribution in [1.29, 1.82) is 5.26 Å². The number of hydrogen-bond donors (Lipinski definition) is 0. The molecule has 0 aromatic heterocycles. The maximum absolute atomic E-state index is 13.0. The van der Waals surface area contributed by atoms with Crippen LogP contribution in [0.25, 0.3) is 0 Å². The monoisotopic (exact) mass is 218 g/mol. The first-order chi connectivity index (χ1) is 7.72. The first-order valence-corrected chi connectivity index (χ1v) is 5.17. The molecule has 1 amide bonds. The molecule has 0 saturated carbocycles.